The number of aliphatic carboxylic acids is 1. The number of carboxylic acids is 1. The van der Waals surface area contributed by atoms with Crippen LogP contribution in [0.3, 0.4) is 0 Å². The molecule has 0 saturated heterocycles. The van der Waals surface area contributed by atoms with E-state index in [1.807, 2.05) is 12.1 Å². The fourth-order valence-electron chi connectivity index (χ4n) is 1.17. The number of hydrogen-bond donors (Lipinski definition) is 1. The van der Waals surface area contributed by atoms with Crippen molar-refractivity contribution in [1.82, 2.24) is 4.98 Å². The summed E-state index contributed by atoms with van der Waals surface area (Å²) in [7, 11) is 0. The van der Waals surface area contributed by atoms with E-state index in [1.54, 1.807) is 6.07 Å². The first-order chi connectivity index (χ1) is 6.66. The number of carbonyl (C=O) groups is 1. The van der Waals surface area contributed by atoms with E-state index >= 15 is 0 Å². The highest BCUT2D eigenvalue weighted by molar-refractivity contribution is 9.10. The van der Waals surface area contributed by atoms with Crippen LogP contribution < -0.4 is 0 Å². The summed E-state index contributed by atoms with van der Waals surface area (Å²) in [5.74, 6) is -0.730. The molecule has 0 saturated carbocycles. The molecule has 5 heteroatoms. The summed E-state index contributed by atoms with van der Waals surface area (Å²) in [5.41, 5.74) is 1.25. The van der Waals surface area contributed by atoms with E-state index in [-0.39, 0.29) is 12.3 Å². The number of para-hydroxylation sites is 1. The number of nitrogens with zero attached hydrogens (tertiary/aromatic N) is 1. The topological polar surface area (TPSA) is 63.3 Å². The number of hydrogen-bond acceptors (Lipinski definition) is 3. The minimum absolute atomic E-state index is 0.193. The number of oxazole rings is 1. The zero-order chi connectivity index (χ0) is 10.1. The molecule has 0 radical (unpaired) electrons. The Kier molecular flexibility index (Phi) is 2.25. The summed E-state index contributed by atoms with van der Waals surface area (Å²) in [6.07, 6.45) is -0.193. The normalized spacial score (nSPS) is 10.6. The standard InChI is InChI=1S/C9H6BrNO3/c10-5-2-1-3-6-9(5)11-7(14-6)4-8(12)13/h1-3H,4H2,(H,12,13). The van der Waals surface area contributed by atoms with Gasteiger partial charge in [-0.15, -0.1) is 0 Å². The Morgan fingerprint density at radius 3 is 3.00 bits per heavy atom. The highest BCUT2D eigenvalue weighted by Gasteiger charge is 2.10. The van der Waals surface area contributed by atoms with Gasteiger partial charge in [0.25, 0.3) is 0 Å². The number of aromatic nitrogens is 1. The average molecular weight is 256 g/mol. The van der Waals surface area contributed by atoms with Crippen LogP contribution in [0.2, 0.25) is 0 Å². The molecule has 4 nitrogen and oxygen atoms in total. The summed E-state index contributed by atoms with van der Waals surface area (Å²) in [5, 5.41) is 8.55. The highest BCUT2D eigenvalue weighted by Crippen LogP contribution is 2.23. The van der Waals surface area contributed by atoms with Crippen LogP contribution in [0.1, 0.15) is 5.89 Å². The van der Waals surface area contributed by atoms with Gasteiger partial charge in [0.15, 0.2) is 5.58 Å². The Hall–Kier alpha value is -1.36. The van der Waals surface area contributed by atoms with Gasteiger partial charge in [0.05, 0.1) is 0 Å². The molecule has 0 fully saturated rings. The molecule has 0 spiro atoms. The molecule has 0 aliphatic rings. The predicted octanol–water partition coefficient (Wildman–Crippen LogP) is 2.22. The third-order valence-electron chi connectivity index (χ3n) is 1.72. The molecule has 1 aromatic carbocycles. The Balaban J connectivity index is 2.51. The molecular formula is C9H6BrNO3. The van der Waals surface area contributed by atoms with Crippen molar-refractivity contribution in [2.24, 2.45) is 0 Å². The summed E-state index contributed by atoms with van der Waals surface area (Å²) in [6, 6.07) is 5.38. The largest absolute Gasteiger partial charge is 0.481 e. The molecule has 2 aromatic rings. The monoisotopic (exact) mass is 255 g/mol. The summed E-state index contributed by atoms with van der Waals surface area (Å²) in [6.45, 7) is 0. The van der Waals surface area contributed by atoms with Crippen molar-refractivity contribution in [2.75, 3.05) is 0 Å². The minimum atomic E-state index is -0.951. The maximum Gasteiger partial charge on any atom is 0.312 e. The van der Waals surface area contributed by atoms with Crippen LogP contribution in [0.25, 0.3) is 11.1 Å². The number of fused-ring (bicyclic) bond motifs is 1. The third kappa shape index (κ3) is 1.63. The number of carboxylic acid groups (broad SMARTS) is 1. The molecule has 2 rings (SSSR count). The van der Waals surface area contributed by atoms with E-state index in [2.05, 4.69) is 20.9 Å². The second-order valence-corrected chi connectivity index (χ2v) is 3.62. The van der Waals surface area contributed by atoms with Crippen molar-refractivity contribution in [3.8, 4) is 0 Å². The SMILES string of the molecule is O=C(O)Cc1nc2c(Br)cccc2o1. The van der Waals surface area contributed by atoms with Crippen LogP contribution in [0, 0.1) is 0 Å². The Morgan fingerprint density at radius 1 is 1.57 bits per heavy atom. The number of rotatable bonds is 2. The third-order valence-corrected chi connectivity index (χ3v) is 2.36. The van der Waals surface area contributed by atoms with Crippen LogP contribution in [-0.2, 0) is 11.2 Å². The second-order valence-electron chi connectivity index (χ2n) is 2.76. The first-order valence-corrected chi connectivity index (χ1v) is 4.72. The molecule has 14 heavy (non-hydrogen) atoms. The molecule has 0 atom stereocenters. The average Bonchev–Trinajstić information content (AvgIpc) is 2.47. The van der Waals surface area contributed by atoms with Gasteiger partial charge in [-0.25, -0.2) is 4.98 Å². The highest BCUT2D eigenvalue weighted by atomic mass is 79.9. The van der Waals surface area contributed by atoms with Crippen molar-refractivity contribution >= 4 is 33.0 Å². The second kappa shape index (κ2) is 3.42. The molecule has 0 amide bonds. The Bertz CT molecular complexity index is 492. The van der Waals surface area contributed by atoms with Gasteiger partial charge in [-0.05, 0) is 28.1 Å². The minimum Gasteiger partial charge on any atom is -0.481 e. The first-order valence-electron chi connectivity index (χ1n) is 3.92. The van der Waals surface area contributed by atoms with Gasteiger partial charge in [0.2, 0.25) is 5.89 Å². The lowest BCUT2D eigenvalue weighted by atomic mass is 10.3. The molecule has 0 aliphatic carbocycles. The van der Waals surface area contributed by atoms with E-state index in [9.17, 15) is 4.79 Å². The van der Waals surface area contributed by atoms with Gasteiger partial charge in [0, 0.05) is 4.47 Å². The van der Waals surface area contributed by atoms with Gasteiger partial charge in [-0.1, -0.05) is 6.07 Å². The van der Waals surface area contributed by atoms with Gasteiger partial charge in [-0.2, -0.15) is 0 Å². The molecule has 0 unspecified atom stereocenters. The maximum absolute atomic E-state index is 10.4. The molecular weight excluding hydrogens is 250 g/mol. The Morgan fingerprint density at radius 2 is 2.36 bits per heavy atom. The fourth-order valence-corrected chi connectivity index (χ4v) is 1.60. The summed E-state index contributed by atoms with van der Waals surface area (Å²) in [4.78, 5) is 14.5. The number of halogens is 1. The van der Waals surface area contributed by atoms with Crippen LogP contribution in [0.4, 0.5) is 0 Å². The Labute approximate surface area is 87.7 Å². The van der Waals surface area contributed by atoms with Crippen molar-refractivity contribution in [2.45, 2.75) is 6.42 Å². The summed E-state index contributed by atoms with van der Waals surface area (Å²) < 4.78 is 6.04. The lowest BCUT2D eigenvalue weighted by molar-refractivity contribution is -0.136. The molecule has 1 heterocycles. The molecule has 1 N–H and O–H groups in total. The van der Waals surface area contributed by atoms with E-state index < -0.39 is 5.97 Å². The number of benzene rings is 1. The van der Waals surface area contributed by atoms with Crippen LogP contribution in [0.5, 0.6) is 0 Å². The van der Waals surface area contributed by atoms with Crippen molar-refractivity contribution in [3.63, 3.8) is 0 Å². The molecule has 0 bridgehead atoms. The maximum atomic E-state index is 10.4. The van der Waals surface area contributed by atoms with Crippen LogP contribution in [-0.4, -0.2) is 16.1 Å². The van der Waals surface area contributed by atoms with Gasteiger partial charge < -0.3 is 9.52 Å². The zero-order valence-electron chi connectivity index (χ0n) is 7.03. The van der Waals surface area contributed by atoms with Crippen LogP contribution >= 0.6 is 15.9 Å². The fraction of sp³-hybridized carbons (Fsp3) is 0.111. The lowest BCUT2D eigenvalue weighted by Gasteiger charge is -1.86. The van der Waals surface area contributed by atoms with E-state index in [4.69, 9.17) is 9.52 Å². The summed E-state index contributed by atoms with van der Waals surface area (Å²) >= 11 is 3.31. The van der Waals surface area contributed by atoms with Crippen molar-refractivity contribution in [1.29, 1.82) is 0 Å². The van der Waals surface area contributed by atoms with E-state index in [1.165, 1.54) is 0 Å². The first kappa shape index (κ1) is 9.21. The van der Waals surface area contributed by atoms with Gasteiger partial charge >= 0.3 is 5.97 Å². The van der Waals surface area contributed by atoms with E-state index in [0.717, 1.165) is 4.47 Å². The van der Waals surface area contributed by atoms with Gasteiger partial charge in [-0.3, -0.25) is 4.79 Å². The predicted molar refractivity (Wildman–Crippen MR) is 53.0 cm³/mol. The van der Waals surface area contributed by atoms with Crippen molar-refractivity contribution in [3.05, 3.63) is 28.6 Å². The van der Waals surface area contributed by atoms with Gasteiger partial charge in [0.1, 0.15) is 11.9 Å². The zero-order valence-corrected chi connectivity index (χ0v) is 8.61. The molecule has 1 aromatic heterocycles. The van der Waals surface area contributed by atoms with E-state index in [0.29, 0.717) is 11.1 Å². The van der Waals surface area contributed by atoms with Crippen LogP contribution in [0.15, 0.2) is 27.1 Å². The molecule has 72 valence electrons. The smallest absolute Gasteiger partial charge is 0.312 e. The quantitative estimate of drug-likeness (QED) is 0.894. The lowest BCUT2D eigenvalue weighted by Crippen LogP contribution is -1.99. The van der Waals surface area contributed by atoms with Crippen molar-refractivity contribution < 1.29 is 14.3 Å². The molecule has 0 aliphatic heterocycles.